The first-order valence-electron chi connectivity index (χ1n) is 12.6. The highest BCUT2D eigenvalue weighted by molar-refractivity contribution is 5.38. The topological polar surface area (TPSA) is 60.7 Å². The minimum atomic E-state index is -0.818. The van der Waals surface area contributed by atoms with Crippen LogP contribution in [0.4, 0.5) is 0 Å². The van der Waals surface area contributed by atoms with E-state index in [0.717, 1.165) is 17.6 Å². The molecule has 3 fully saturated rings. The lowest BCUT2D eigenvalue weighted by Gasteiger charge is -2.44. The van der Waals surface area contributed by atoms with E-state index >= 15 is 0 Å². The molecule has 0 saturated heterocycles. The zero-order valence-electron chi connectivity index (χ0n) is 21.2. The number of hydrogen-bond donors (Lipinski definition) is 3. The zero-order valence-corrected chi connectivity index (χ0v) is 21.2. The highest BCUT2D eigenvalue weighted by Crippen LogP contribution is 2.59. The van der Waals surface area contributed by atoms with Gasteiger partial charge in [-0.2, -0.15) is 0 Å². The molecule has 0 aromatic heterocycles. The summed E-state index contributed by atoms with van der Waals surface area (Å²) in [5.74, 6) is 1.63. The molecule has 0 amide bonds. The number of aliphatic hydroxyl groups is 3. The van der Waals surface area contributed by atoms with Crippen molar-refractivity contribution >= 4 is 0 Å². The Bertz CT molecular complexity index is 794. The Morgan fingerprint density at radius 3 is 2.47 bits per heavy atom. The van der Waals surface area contributed by atoms with E-state index in [1.807, 2.05) is 13.0 Å². The lowest BCUT2D eigenvalue weighted by atomic mass is 9.61. The van der Waals surface area contributed by atoms with Crippen molar-refractivity contribution in [3.63, 3.8) is 0 Å². The fourth-order valence-electron chi connectivity index (χ4n) is 6.33. The molecular formula is C29H46O3. The largest absolute Gasteiger partial charge is 0.393 e. The molecule has 3 saturated carbocycles. The van der Waals surface area contributed by atoms with Gasteiger partial charge in [0.05, 0.1) is 17.8 Å². The van der Waals surface area contributed by atoms with Gasteiger partial charge in [-0.25, -0.2) is 0 Å². The van der Waals surface area contributed by atoms with Crippen molar-refractivity contribution in [3.8, 4) is 0 Å². The van der Waals surface area contributed by atoms with Crippen LogP contribution >= 0.6 is 0 Å². The van der Waals surface area contributed by atoms with E-state index in [1.54, 1.807) is 0 Å². The summed E-state index contributed by atoms with van der Waals surface area (Å²) in [6, 6.07) is 0. The monoisotopic (exact) mass is 442 g/mol. The molecule has 3 nitrogen and oxygen atoms in total. The Morgan fingerprint density at radius 2 is 1.81 bits per heavy atom. The third kappa shape index (κ3) is 5.00. The summed E-state index contributed by atoms with van der Waals surface area (Å²) in [6.07, 6.45) is 14.6. The third-order valence-corrected chi connectivity index (χ3v) is 9.18. The summed E-state index contributed by atoms with van der Waals surface area (Å²) in [5.41, 5.74) is 2.55. The van der Waals surface area contributed by atoms with Crippen LogP contribution in [-0.4, -0.2) is 33.1 Å². The standard InChI is InChI=1S/C29H46O3/c1-19(14-16-29(7,32)27(3,4)5)24-12-13-25-21(9-8-15-28(24,25)6)10-11-22-17-23(30)18-26(31)20(22)2/h10-11,14,16,19,23-26,30-32H,2,8-9,12-13,15,17-18H2,1,3-7H3/b16-14+,21-10+,22-11-/t19?,23-,24?,25?,26+,28?,29-/m1/s1. The fourth-order valence-corrected chi connectivity index (χ4v) is 6.33. The maximum atomic E-state index is 10.9. The molecule has 0 heterocycles. The van der Waals surface area contributed by atoms with E-state index < -0.39 is 17.8 Å². The van der Waals surface area contributed by atoms with Crippen LogP contribution in [0.3, 0.4) is 0 Å². The Balaban J connectivity index is 1.78. The molecule has 0 spiro atoms. The van der Waals surface area contributed by atoms with Crippen molar-refractivity contribution < 1.29 is 15.3 Å². The second-order valence-electron chi connectivity index (χ2n) is 12.3. The maximum absolute atomic E-state index is 10.9. The van der Waals surface area contributed by atoms with Crippen molar-refractivity contribution in [2.45, 2.75) is 104 Å². The van der Waals surface area contributed by atoms with Gasteiger partial charge in [-0.1, -0.05) is 71.1 Å². The molecule has 0 radical (unpaired) electrons. The molecule has 4 unspecified atom stereocenters. The average Bonchev–Trinajstić information content (AvgIpc) is 3.04. The summed E-state index contributed by atoms with van der Waals surface area (Å²) >= 11 is 0. The number of fused-ring (bicyclic) bond motifs is 1. The highest BCUT2D eigenvalue weighted by Gasteiger charge is 2.50. The molecule has 3 rings (SSSR count). The minimum absolute atomic E-state index is 0.191. The minimum Gasteiger partial charge on any atom is -0.393 e. The van der Waals surface area contributed by atoms with Crippen molar-refractivity contribution in [3.05, 3.63) is 47.6 Å². The normalized spacial score (nSPS) is 39.5. The van der Waals surface area contributed by atoms with Crippen LogP contribution < -0.4 is 0 Å². The first kappa shape index (κ1) is 25.5. The summed E-state index contributed by atoms with van der Waals surface area (Å²) in [4.78, 5) is 0. The molecule has 0 aromatic carbocycles. The molecule has 3 aliphatic carbocycles. The van der Waals surface area contributed by atoms with Crippen molar-refractivity contribution in [2.24, 2.45) is 28.6 Å². The Hall–Kier alpha value is -1.16. The summed E-state index contributed by atoms with van der Waals surface area (Å²) < 4.78 is 0. The van der Waals surface area contributed by atoms with Gasteiger partial charge in [0.2, 0.25) is 0 Å². The number of hydrogen-bond acceptors (Lipinski definition) is 3. The van der Waals surface area contributed by atoms with Gasteiger partial charge in [0.1, 0.15) is 0 Å². The summed E-state index contributed by atoms with van der Waals surface area (Å²) in [5, 5.41) is 31.1. The van der Waals surface area contributed by atoms with Gasteiger partial charge in [-0.3, -0.25) is 0 Å². The van der Waals surface area contributed by atoms with Crippen molar-refractivity contribution in [1.29, 1.82) is 0 Å². The van der Waals surface area contributed by atoms with Gasteiger partial charge in [-0.05, 0) is 85.2 Å². The van der Waals surface area contributed by atoms with E-state index in [2.05, 4.69) is 59.4 Å². The molecule has 7 atom stereocenters. The average molecular weight is 443 g/mol. The highest BCUT2D eigenvalue weighted by atomic mass is 16.3. The fraction of sp³-hybridized carbons (Fsp3) is 0.724. The van der Waals surface area contributed by atoms with Crippen LogP contribution in [0, 0.1) is 28.6 Å². The van der Waals surface area contributed by atoms with Crippen LogP contribution in [0.15, 0.2) is 47.6 Å². The predicted octanol–water partition coefficient (Wildman–Crippen LogP) is 6.12. The van der Waals surface area contributed by atoms with Gasteiger partial charge in [0.15, 0.2) is 0 Å². The Labute approximate surface area is 196 Å². The van der Waals surface area contributed by atoms with Crippen LogP contribution in [0.2, 0.25) is 0 Å². The van der Waals surface area contributed by atoms with E-state index in [-0.39, 0.29) is 10.8 Å². The van der Waals surface area contributed by atoms with Crippen molar-refractivity contribution in [2.75, 3.05) is 0 Å². The molecule has 32 heavy (non-hydrogen) atoms. The SMILES string of the molecule is C=C1/C(=C\C=C2/CCCC3(C)C2CCC3C(C)/C=C/[C@@](C)(O)C(C)(C)C)C[C@@H](O)C[C@@H]1O. The Morgan fingerprint density at radius 1 is 1.12 bits per heavy atom. The number of allylic oxidation sites excluding steroid dienone is 4. The van der Waals surface area contributed by atoms with Gasteiger partial charge in [0, 0.05) is 6.42 Å². The number of rotatable bonds is 4. The van der Waals surface area contributed by atoms with E-state index in [1.165, 1.54) is 31.3 Å². The second kappa shape index (κ2) is 9.24. The molecule has 0 aromatic rings. The number of aliphatic hydroxyl groups excluding tert-OH is 2. The zero-order chi connectivity index (χ0) is 23.9. The van der Waals surface area contributed by atoms with Crippen LogP contribution in [0.5, 0.6) is 0 Å². The lowest BCUT2D eigenvalue weighted by molar-refractivity contribution is 0.00272. The van der Waals surface area contributed by atoms with Crippen LogP contribution in [0.1, 0.15) is 86.5 Å². The summed E-state index contributed by atoms with van der Waals surface area (Å²) in [7, 11) is 0. The van der Waals surface area contributed by atoms with E-state index in [0.29, 0.717) is 30.6 Å². The first-order chi connectivity index (χ1) is 14.8. The second-order valence-corrected chi connectivity index (χ2v) is 12.3. The van der Waals surface area contributed by atoms with Crippen molar-refractivity contribution in [1.82, 2.24) is 0 Å². The molecule has 0 bridgehead atoms. The maximum Gasteiger partial charge on any atom is 0.0847 e. The first-order valence-corrected chi connectivity index (χ1v) is 12.6. The molecule has 0 aliphatic heterocycles. The van der Waals surface area contributed by atoms with Gasteiger partial charge >= 0.3 is 0 Å². The van der Waals surface area contributed by atoms with Gasteiger partial charge in [-0.15, -0.1) is 0 Å². The Kier molecular flexibility index (Phi) is 7.35. The summed E-state index contributed by atoms with van der Waals surface area (Å²) in [6.45, 7) is 17.0. The smallest absolute Gasteiger partial charge is 0.0847 e. The predicted molar refractivity (Wildman–Crippen MR) is 133 cm³/mol. The van der Waals surface area contributed by atoms with Gasteiger partial charge < -0.3 is 15.3 Å². The molecular weight excluding hydrogens is 396 g/mol. The molecule has 180 valence electrons. The van der Waals surface area contributed by atoms with Crippen LogP contribution in [0.25, 0.3) is 0 Å². The quantitative estimate of drug-likeness (QED) is 0.460. The van der Waals surface area contributed by atoms with Gasteiger partial charge in [0.25, 0.3) is 0 Å². The van der Waals surface area contributed by atoms with E-state index in [9.17, 15) is 15.3 Å². The van der Waals surface area contributed by atoms with Crippen LogP contribution in [-0.2, 0) is 0 Å². The van der Waals surface area contributed by atoms with E-state index in [4.69, 9.17) is 0 Å². The third-order valence-electron chi connectivity index (χ3n) is 9.18. The lowest BCUT2D eigenvalue weighted by Crippen LogP contribution is -2.38. The molecule has 3 N–H and O–H groups in total. The molecule has 3 aliphatic rings. The molecule has 3 heteroatoms.